The van der Waals surface area contributed by atoms with Crippen LogP contribution in [0.5, 0.6) is 0 Å². The van der Waals surface area contributed by atoms with Crippen LogP contribution in [0.1, 0.15) is 34.3 Å². The Morgan fingerprint density at radius 1 is 1.24 bits per heavy atom. The largest absolute Gasteiger partial charge is 0.467 e. The van der Waals surface area contributed by atoms with E-state index in [9.17, 15) is 13.2 Å². The molecular weight excluding hydrogens is 462 g/mol. The third-order valence-corrected chi connectivity index (χ3v) is 5.31. The molecule has 1 aliphatic heterocycles. The molecule has 4 rings (SSSR count). The molecule has 0 radical (unpaired) electrons. The number of nitrogens with zero attached hydrogens (tertiary/aromatic N) is 2. The van der Waals surface area contributed by atoms with Crippen molar-refractivity contribution in [3.8, 4) is 0 Å². The number of carbonyl (C=O) groups is 1. The number of sulfonamides is 1. The van der Waals surface area contributed by atoms with Crippen LogP contribution in [-0.2, 0) is 10.0 Å². The lowest BCUT2D eigenvalue weighted by molar-refractivity contribution is 0.0659. The van der Waals surface area contributed by atoms with Gasteiger partial charge < -0.3 is 8.83 Å². The molecule has 1 aromatic carbocycles. The summed E-state index contributed by atoms with van der Waals surface area (Å²) in [6.07, 6.45) is 3.03. The van der Waals surface area contributed by atoms with Gasteiger partial charge >= 0.3 is 5.91 Å². The average molecular weight is 478 g/mol. The zero-order chi connectivity index (χ0) is 20.6. The van der Waals surface area contributed by atoms with Gasteiger partial charge in [-0.2, -0.15) is 5.10 Å². The molecule has 0 aliphatic carbocycles. The molecule has 3 heterocycles. The van der Waals surface area contributed by atoms with Crippen LogP contribution in [0.25, 0.3) is 0 Å². The number of nitrogens with one attached hydrogen (secondary N) is 1. The van der Waals surface area contributed by atoms with Crippen molar-refractivity contribution in [3.63, 3.8) is 0 Å². The topological polar surface area (TPSA) is 105 Å². The Balaban J connectivity index is 1.69. The summed E-state index contributed by atoms with van der Waals surface area (Å²) in [5.41, 5.74) is 1.75. The van der Waals surface area contributed by atoms with Gasteiger partial charge in [0.2, 0.25) is 10.0 Å². The van der Waals surface area contributed by atoms with E-state index in [-0.39, 0.29) is 5.76 Å². The predicted molar refractivity (Wildman–Crippen MR) is 110 cm³/mol. The Labute approximate surface area is 175 Å². The number of amides is 1. The van der Waals surface area contributed by atoms with Crippen LogP contribution >= 0.6 is 15.9 Å². The van der Waals surface area contributed by atoms with Gasteiger partial charge in [-0.3, -0.25) is 9.52 Å². The van der Waals surface area contributed by atoms with Gasteiger partial charge in [0.15, 0.2) is 10.4 Å². The standard InChI is InChI=1S/C19H16BrN3O5S/c1-29(25,26)22-13-5-2-4-12(10-13)14-11-15(16-6-3-9-27-16)23(21-14)19(24)17-7-8-18(20)28-17/h2-10,15,22H,11H2,1H3/t15-/m1/s1. The molecule has 0 spiro atoms. The van der Waals surface area contributed by atoms with Gasteiger partial charge in [0, 0.05) is 12.1 Å². The number of benzene rings is 1. The van der Waals surface area contributed by atoms with Crippen LogP contribution in [0.2, 0.25) is 0 Å². The zero-order valence-corrected chi connectivity index (χ0v) is 17.6. The Morgan fingerprint density at radius 2 is 2.07 bits per heavy atom. The van der Waals surface area contributed by atoms with E-state index in [1.54, 1.807) is 42.5 Å². The van der Waals surface area contributed by atoms with Crippen molar-refractivity contribution in [3.05, 3.63) is 76.5 Å². The minimum absolute atomic E-state index is 0.144. The first-order valence-electron chi connectivity index (χ1n) is 8.58. The normalized spacial score (nSPS) is 16.7. The molecule has 2 aromatic heterocycles. The van der Waals surface area contributed by atoms with E-state index in [1.165, 1.54) is 11.3 Å². The number of carbonyl (C=O) groups excluding carboxylic acids is 1. The molecule has 29 heavy (non-hydrogen) atoms. The minimum Gasteiger partial charge on any atom is -0.467 e. The Bertz CT molecular complexity index is 1180. The quantitative estimate of drug-likeness (QED) is 0.597. The predicted octanol–water partition coefficient (Wildman–Crippen LogP) is 4.00. The summed E-state index contributed by atoms with van der Waals surface area (Å²) in [6.45, 7) is 0. The number of halogens is 1. The monoisotopic (exact) mass is 477 g/mol. The summed E-state index contributed by atoms with van der Waals surface area (Å²) >= 11 is 3.20. The summed E-state index contributed by atoms with van der Waals surface area (Å²) in [6, 6.07) is 13.1. The number of furan rings is 2. The SMILES string of the molecule is CS(=O)(=O)Nc1cccc(C2=NN(C(=O)c3ccc(Br)o3)[C@@H](c3ccco3)C2)c1. The van der Waals surface area contributed by atoms with Crippen LogP contribution in [0, 0.1) is 0 Å². The smallest absolute Gasteiger partial charge is 0.310 e. The molecule has 150 valence electrons. The van der Waals surface area contributed by atoms with E-state index in [2.05, 4.69) is 25.8 Å². The Morgan fingerprint density at radius 3 is 2.72 bits per heavy atom. The lowest BCUT2D eigenvalue weighted by atomic mass is 10.0. The van der Waals surface area contributed by atoms with Crippen molar-refractivity contribution < 1.29 is 22.0 Å². The molecule has 8 nitrogen and oxygen atoms in total. The summed E-state index contributed by atoms with van der Waals surface area (Å²) in [4.78, 5) is 13.0. The third kappa shape index (κ3) is 4.28. The Kier molecular flexibility index (Phi) is 5.05. The van der Waals surface area contributed by atoms with Crippen molar-refractivity contribution in [1.82, 2.24) is 5.01 Å². The van der Waals surface area contributed by atoms with E-state index in [4.69, 9.17) is 8.83 Å². The lowest BCUT2D eigenvalue weighted by Crippen LogP contribution is -2.26. The zero-order valence-electron chi connectivity index (χ0n) is 15.2. The van der Waals surface area contributed by atoms with Crippen molar-refractivity contribution in [1.29, 1.82) is 0 Å². The summed E-state index contributed by atoms with van der Waals surface area (Å²) in [5.74, 6) is 0.330. The van der Waals surface area contributed by atoms with Crippen LogP contribution < -0.4 is 4.72 Å². The highest BCUT2D eigenvalue weighted by Crippen LogP contribution is 2.35. The van der Waals surface area contributed by atoms with Crippen LogP contribution in [-0.4, -0.2) is 31.3 Å². The van der Waals surface area contributed by atoms with Gasteiger partial charge in [-0.05, 0) is 57.9 Å². The van der Waals surface area contributed by atoms with E-state index in [0.29, 0.717) is 33.8 Å². The highest BCUT2D eigenvalue weighted by molar-refractivity contribution is 9.10. The Hall–Kier alpha value is -2.85. The van der Waals surface area contributed by atoms with Crippen molar-refractivity contribution in [2.75, 3.05) is 11.0 Å². The number of hydrogen-bond acceptors (Lipinski definition) is 6. The minimum atomic E-state index is -3.41. The molecular formula is C19H16BrN3O5S. The molecule has 0 bridgehead atoms. The van der Waals surface area contributed by atoms with Gasteiger partial charge in [-0.15, -0.1) is 0 Å². The molecule has 0 saturated heterocycles. The first-order chi connectivity index (χ1) is 13.8. The lowest BCUT2D eigenvalue weighted by Gasteiger charge is -2.18. The maximum absolute atomic E-state index is 13.0. The summed E-state index contributed by atoms with van der Waals surface area (Å²) in [7, 11) is -3.41. The van der Waals surface area contributed by atoms with E-state index >= 15 is 0 Å². The average Bonchev–Trinajstić information content (AvgIpc) is 3.40. The highest BCUT2D eigenvalue weighted by atomic mass is 79.9. The molecule has 1 N–H and O–H groups in total. The van der Waals surface area contributed by atoms with Crippen molar-refractivity contribution >= 4 is 43.3 Å². The second kappa shape index (κ2) is 7.53. The number of rotatable bonds is 5. The fraction of sp³-hybridized carbons (Fsp3) is 0.158. The summed E-state index contributed by atoms with van der Waals surface area (Å²) in [5, 5.41) is 5.84. The molecule has 1 atom stereocenters. The molecule has 0 saturated carbocycles. The first-order valence-corrected chi connectivity index (χ1v) is 11.3. The third-order valence-electron chi connectivity index (χ3n) is 4.27. The summed E-state index contributed by atoms with van der Waals surface area (Å²) < 4.78 is 36.8. The van der Waals surface area contributed by atoms with Crippen LogP contribution in [0.15, 0.2) is 73.4 Å². The molecule has 1 aliphatic rings. The van der Waals surface area contributed by atoms with E-state index < -0.39 is 22.0 Å². The first kappa shape index (κ1) is 19.5. The fourth-order valence-electron chi connectivity index (χ4n) is 3.09. The number of hydrazone groups is 1. The molecule has 1 amide bonds. The number of anilines is 1. The second-order valence-corrected chi connectivity index (χ2v) is 9.02. The van der Waals surface area contributed by atoms with Crippen LogP contribution in [0.4, 0.5) is 5.69 Å². The molecule has 0 unspecified atom stereocenters. The molecule has 3 aromatic rings. The molecule has 10 heteroatoms. The second-order valence-electron chi connectivity index (χ2n) is 6.49. The highest BCUT2D eigenvalue weighted by Gasteiger charge is 2.36. The van der Waals surface area contributed by atoms with E-state index in [1.807, 2.05) is 6.07 Å². The van der Waals surface area contributed by atoms with Gasteiger partial charge in [-0.1, -0.05) is 12.1 Å². The van der Waals surface area contributed by atoms with Gasteiger partial charge in [0.1, 0.15) is 11.8 Å². The van der Waals surface area contributed by atoms with Crippen molar-refractivity contribution in [2.24, 2.45) is 5.10 Å². The van der Waals surface area contributed by atoms with Gasteiger partial charge in [0.25, 0.3) is 0 Å². The van der Waals surface area contributed by atoms with Gasteiger partial charge in [0.05, 0.1) is 18.2 Å². The number of hydrogen-bond donors (Lipinski definition) is 1. The van der Waals surface area contributed by atoms with Gasteiger partial charge in [-0.25, -0.2) is 13.4 Å². The fourth-order valence-corrected chi connectivity index (χ4v) is 3.95. The van der Waals surface area contributed by atoms with E-state index in [0.717, 1.165) is 6.26 Å². The maximum atomic E-state index is 13.0. The van der Waals surface area contributed by atoms with Crippen molar-refractivity contribution in [2.45, 2.75) is 12.5 Å². The molecule has 0 fully saturated rings. The van der Waals surface area contributed by atoms with Crippen LogP contribution in [0.3, 0.4) is 0 Å². The maximum Gasteiger partial charge on any atom is 0.310 e.